The van der Waals surface area contributed by atoms with Crippen LogP contribution in [-0.4, -0.2) is 129 Å². The van der Waals surface area contributed by atoms with E-state index in [2.05, 4.69) is 16.6 Å². The van der Waals surface area contributed by atoms with Crippen molar-refractivity contribution in [1.29, 1.82) is 0 Å². The van der Waals surface area contributed by atoms with Crippen molar-refractivity contribution in [3.63, 3.8) is 0 Å². The van der Waals surface area contributed by atoms with E-state index in [4.69, 9.17) is 29.1 Å². The van der Waals surface area contributed by atoms with Gasteiger partial charge in [-0.3, -0.25) is 0 Å². The van der Waals surface area contributed by atoms with Crippen LogP contribution in [0.1, 0.15) is 0 Å². The number of rotatable bonds is 4. The molecule has 2 aliphatic heterocycles. The molecule has 0 aromatic rings. The second-order valence-electron chi connectivity index (χ2n) is 5.90. The summed E-state index contributed by atoms with van der Waals surface area (Å²) in [5.41, 5.74) is 0. The summed E-state index contributed by atoms with van der Waals surface area (Å²) < 4.78 is 26.7. The molecule has 14 nitrogen and oxygen atoms in total. The zero-order valence-electron chi connectivity index (χ0n) is 16.4. The second kappa shape index (κ2) is 16.0. The topological polar surface area (TPSA) is 239 Å². The number of halogens is 1. The normalized spacial score (nSPS) is 40.6. The first kappa shape index (κ1) is 32.5. The molecule has 0 aromatic carbocycles. The molecule has 0 radical (unpaired) electrons. The molecular weight excluding hydrogens is 451 g/mol. The fraction of sp³-hybridized carbons (Fsp3) is 0.929. The minimum absolute atomic E-state index is 0. The second-order valence-corrected chi connectivity index (χ2v) is 5.90. The smallest absolute Gasteiger partial charge is 0.769 e. The first-order valence-electron chi connectivity index (χ1n) is 8.04. The van der Waals surface area contributed by atoms with E-state index in [1.165, 1.54) is 14.2 Å². The van der Waals surface area contributed by atoms with Gasteiger partial charge in [-0.15, -0.1) is 0 Å². The van der Waals surface area contributed by atoms with Gasteiger partial charge in [0.05, 0.1) is 6.61 Å². The summed E-state index contributed by atoms with van der Waals surface area (Å²) in [6.07, 6.45) is -13.5. The molecule has 10 atom stereocenters. The number of hydrogen-bond donors (Lipinski definition) is 8. The van der Waals surface area contributed by atoms with Gasteiger partial charge in [0.25, 0.3) is 0 Å². The Hall–Kier alpha value is 0.280. The average Bonchev–Trinajstić information content (AvgIpc) is 2.72. The van der Waals surface area contributed by atoms with E-state index in [0.717, 1.165) is 0 Å². The molecule has 2 rings (SSSR count). The summed E-state index contributed by atoms with van der Waals surface area (Å²) in [6.45, 7) is -0.440. The Morgan fingerprint density at radius 1 is 0.833 bits per heavy atom. The van der Waals surface area contributed by atoms with Gasteiger partial charge < -0.3 is 64.5 Å². The molecule has 8 N–H and O–H groups in total. The van der Waals surface area contributed by atoms with E-state index in [1.54, 1.807) is 0 Å². The quantitative estimate of drug-likeness (QED) is 0.176. The van der Waals surface area contributed by atoms with E-state index in [-0.39, 0.29) is 29.6 Å². The average molecular weight is 477 g/mol. The predicted octanol–water partition coefficient (Wildman–Crippen LogP) is -8.54. The van der Waals surface area contributed by atoms with Gasteiger partial charge >= 0.3 is 35.5 Å². The number of ether oxygens (including phenoxy) is 4. The van der Waals surface area contributed by atoms with Crippen molar-refractivity contribution in [1.82, 2.24) is 0 Å². The van der Waals surface area contributed by atoms with Crippen LogP contribution in [0, 0.1) is 0 Å². The SMILES string of the molecule is COC1OC(C(=O)O)C(O)C(O)C1O.COC1OC(CO)C(O)C(O)C1O.[Na+].[O-]Cl. The van der Waals surface area contributed by atoms with Crippen molar-refractivity contribution in [3.8, 4) is 0 Å². The van der Waals surface area contributed by atoms with Gasteiger partial charge in [-0.05, 0) is 0 Å². The molecule has 10 unspecified atom stereocenters. The maximum atomic E-state index is 10.5. The molecule has 0 bridgehead atoms. The van der Waals surface area contributed by atoms with Crippen LogP contribution in [-0.2, 0) is 23.7 Å². The molecule has 2 fully saturated rings. The van der Waals surface area contributed by atoms with Crippen LogP contribution in [0.5, 0.6) is 0 Å². The summed E-state index contributed by atoms with van der Waals surface area (Å²) in [4.78, 5) is 10.5. The largest absolute Gasteiger partial charge is 1.00 e. The van der Waals surface area contributed by atoms with Crippen LogP contribution in [0.4, 0.5) is 0 Å². The molecule has 2 aliphatic rings. The Balaban J connectivity index is 0. The summed E-state index contributed by atoms with van der Waals surface area (Å²) in [5, 5.41) is 72.9. The number of hydrogen-bond acceptors (Lipinski definition) is 13. The third-order valence-electron chi connectivity index (χ3n) is 4.13. The molecule has 0 aromatic heterocycles. The number of carboxylic acids is 1. The third kappa shape index (κ3) is 8.32. The molecule has 2 saturated heterocycles. The maximum absolute atomic E-state index is 10.5. The van der Waals surface area contributed by atoms with Crippen LogP contribution in [0.2, 0.25) is 0 Å². The van der Waals surface area contributed by atoms with Gasteiger partial charge in [-0.25, -0.2) is 16.7 Å². The van der Waals surface area contributed by atoms with Crippen LogP contribution < -0.4 is 34.2 Å². The molecule has 2 heterocycles. The summed E-state index contributed by atoms with van der Waals surface area (Å²) in [7, 11) is 2.49. The summed E-state index contributed by atoms with van der Waals surface area (Å²) in [6, 6.07) is 0. The number of aliphatic hydroxyl groups is 7. The number of aliphatic hydroxyl groups excluding tert-OH is 7. The molecule has 0 spiro atoms. The predicted molar refractivity (Wildman–Crippen MR) is 88.0 cm³/mol. The molecule has 30 heavy (non-hydrogen) atoms. The van der Waals surface area contributed by atoms with Gasteiger partial charge in [0.2, 0.25) is 0 Å². The summed E-state index contributed by atoms with van der Waals surface area (Å²) in [5.74, 6) is -1.43. The zero-order chi connectivity index (χ0) is 22.9. The Morgan fingerprint density at radius 3 is 1.60 bits per heavy atom. The Morgan fingerprint density at radius 2 is 1.23 bits per heavy atom. The van der Waals surface area contributed by atoms with Gasteiger partial charge in [0.15, 0.2) is 18.7 Å². The number of carboxylic acid groups (broad SMARTS) is 1. The molecule has 0 aliphatic carbocycles. The van der Waals surface area contributed by atoms with Crippen molar-refractivity contribution < 1.29 is 98.8 Å². The van der Waals surface area contributed by atoms with Crippen LogP contribution in [0.3, 0.4) is 0 Å². The van der Waals surface area contributed by atoms with Gasteiger partial charge in [0, 0.05) is 14.2 Å². The van der Waals surface area contributed by atoms with Crippen molar-refractivity contribution in [2.45, 2.75) is 61.4 Å². The maximum Gasteiger partial charge on any atom is 1.00 e. The van der Waals surface area contributed by atoms with Gasteiger partial charge in [-0.2, -0.15) is 0 Å². The molecule has 174 valence electrons. The van der Waals surface area contributed by atoms with E-state index < -0.39 is 74.0 Å². The number of aliphatic carboxylic acids is 1. The summed E-state index contributed by atoms with van der Waals surface area (Å²) >= 11 is 3.39. The first-order valence-corrected chi connectivity index (χ1v) is 8.35. The van der Waals surface area contributed by atoms with Gasteiger partial charge in [-0.1, -0.05) is 0 Å². The number of methoxy groups -OCH3 is 2. The Labute approximate surface area is 198 Å². The standard InChI is InChI=1S/C7H12O7.C7H14O6.ClO.Na/c1-13-7-4(10)2(8)3(9)5(14-7)6(11)12;1-12-7-6(11)5(10)4(9)3(2-8)13-7;1-2;/h2-5,7-10H,1H3,(H,11,12);3-11H,2H2,1H3;;/q;;-1;+1. The van der Waals surface area contributed by atoms with E-state index in [1.807, 2.05) is 0 Å². The third-order valence-corrected chi connectivity index (χ3v) is 4.13. The fourth-order valence-electron chi connectivity index (χ4n) is 2.51. The Bertz CT molecular complexity index is 454. The van der Waals surface area contributed by atoms with E-state index in [0.29, 0.717) is 0 Å². The van der Waals surface area contributed by atoms with Crippen LogP contribution in [0.25, 0.3) is 0 Å². The van der Waals surface area contributed by atoms with Crippen molar-refractivity contribution in [2.24, 2.45) is 0 Å². The molecular formula is C14H26ClNaO14. The molecule has 0 amide bonds. The minimum atomic E-state index is -1.67. The first-order chi connectivity index (χ1) is 13.6. The molecule has 0 saturated carbocycles. The minimum Gasteiger partial charge on any atom is -0.769 e. The fourth-order valence-corrected chi connectivity index (χ4v) is 2.51. The van der Waals surface area contributed by atoms with E-state index in [9.17, 15) is 35.4 Å². The van der Waals surface area contributed by atoms with Crippen LogP contribution >= 0.6 is 11.9 Å². The van der Waals surface area contributed by atoms with Crippen molar-refractivity contribution in [3.05, 3.63) is 0 Å². The van der Waals surface area contributed by atoms with E-state index >= 15 is 0 Å². The van der Waals surface area contributed by atoms with Crippen LogP contribution in [0.15, 0.2) is 0 Å². The zero-order valence-corrected chi connectivity index (χ0v) is 19.1. The molecule has 16 heteroatoms. The Kier molecular flexibility index (Phi) is 17.3. The monoisotopic (exact) mass is 476 g/mol. The number of carbonyl (C=O) groups is 1. The van der Waals surface area contributed by atoms with Crippen molar-refractivity contribution >= 4 is 17.8 Å². The van der Waals surface area contributed by atoms with Crippen molar-refractivity contribution in [2.75, 3.05) is 20.8 Å². The van der Waals surface area contributed by atoms with Gasteiger partial charge in [0.1, 0.15) is 42.7 Å².